The fourth-order valence-corrected chi connectivity index (χ4v) is 1.91. The average Bonchev–Trinajstić information content (AvgIpc) is 2.39. The third kappa shape index (κ3) is 3.22. The summed E-state index contributed by atoms with van der Waals surface area (Å²) >= 11 is 0. The van der Waals surface area contributed by atoms with Gasteiger partial charge in [-0.25, -0.2) is 0 Å². The molecule has 1 aromatic rings. The van der Waals surface area contributed by atoms with Crippen LogP contribution >= 0.6 is 17.0 Å². The quantitative estimate of drug-likeness (QED) is 0.598. The fraction of sp³-hybridized carbons (Fsp3) is 0.333. The highest BCUT2D eigenvalue weighted by atomic mass is 79.9. The first-order chi connectivity index (χ1) is 8.18. The summed E-state index contributed by atoms with van der Waals surface area (Å²) in [5.41, 5.74) is 6.12. The Balaban J connectivity index is 0.00000162. The molecule has 98 valence electrons. The topological polar surface area (TPSA) is 73.4 Å². The van der Waals surface area contributed by atoms with E-state index < -0.39 is 0 Å². The molecule has 5 nitrogen and oxygen atoms in total. The molecule has 1 heterocycles. The van der Waals surface area contributed by atoms with Gasteiger partial charge in [0.2, 0.25) is 0 Å². The van der Waals surface area contributed by atoms with Crippen molar-refractivity contribution in [2.45, 2.75) is 0 Å². The molecule has 2 rings (SSSR count). The second-order valence-electron chi connectivity index (χ2n) is 4.03. The van der Waals surface area contributed by atoms with Crippen molar-refractivity contribution < 1.29 is 4.79 Å². The molecule has 0 atom stereocenters. The number of nitrogens with one attached hydrogen (secondary N) is 1. The number of amides is 1. The summed E-state index contributed by atoms with van der Waals surface area (Å²) in [5, 5.41) is 7.33. The number of nitrogens with two attached hydrogens (primary N) is 1. The van der Waals surface area contributed by atoms with Crippen LogP contribution in [0.5, 0.6) is 0 Å². The normalized spacial score (nSPS) is 14.9. The number of piperazine rings is 1. The number of nitrogens with zero attached hydrogens (tertiary/aromatic N) is 2. The number of benzene rings is 1. The van der Waals surface area contributed by atoms with E-state index in [2.05, 4.69) is 0 Å². The van der Waals surface area contributed by atoms with E-state index in [1.165, 1.54) is 0 Å². The third-order valence-electron chi connectivity index (χ3n) is 2.93. The van der Waals surface area contributed by atoms with Crippen molar-refractivity contribution in [1.29, 1.82) is 5.41 Å². The number of hydrogen-bond donors (Lipinski definition) is 2. The van der Waals surface area contributed by atoms with Crippen LogP contribution in [0.15, 0.2) is 30.3 Å². The number of hydrogen-bond acceptors (Lipinski definition) is 2. The van der Waals surface area contributed by atoms with Crippen molar-refractivity contribution in [3.63, 3.8) is 0 Å². The fourth-order valence-electron chi connectivity index (χ4n) is 1.91. The highest BCUT2D eigenvalue weighted by Crippen LogP contribution is 2.08. The van der Waals surface area contributed by atoms with Crippen LogP contribution in [0.3, 0.4) is 0 Å². The zero-order valence-electron chi connectivity index (χ0n) is 10.0. The van der Waals surface area contributed by atoms with Gasteiger partial charge in [-0.05, 0) is 12.1 Å². The van der Waals surface area contributed by atoms with Gasteiger partial charge in [-0.15, -0.1) is 17.0 Å². The molecule has 1 aromatic carbocycles. The lowest BCUT2D eigenvalue weighted by Crippen LogP contribution is -2.52. The molecule has 0 radical (unpaired) electrons. The van der Waals surface area contributed by atoms with Crippen molar-refractivity contribution in [1.82, 2.24) is 9.80 Å². The molecule has 1 aliphatic rings. The Kier molecular flexibility index (Phi) is 5.15. The summed E-state index contributed by atoms with van der Waals surface area (Å²) in [4.78, 5) is 15.7. The zero-order valence-corrected chi connectivity index (χ0v) is 11.7. The molecule has 0 aliphatic carbocycles. The average molecular weight is 313 g/mol. The molecule has 6 heteroatoms. The smallest absolute Gasteiger partial charge is 0.253 e. The summed E-state index contributed by atoms with van der Waals surface area (Å²) in [7, 11) is 0. The van der Waals surface area contributed by atoms with E-state index in [0.29, 0.717) is 31.7 Å². The molecule has 0 saturated carbocycles. The summed E-state index contributed by atoms with van der Waals surface area (Å²) in [6, 6.07) is 9.25. The van der Waals surface area contributed by atoms with E-state index in [4.69, 9.17) is 11.1 Å². The SMILES string of the molecule is Br.N=C(N)N1CCN(C(=O)c2ccccc2)CC1. The lowest BCUT2D eigenvalue weighted by Gasteiger charge is -2.34. The Morgan fingerprint density at radius 2 is 1.56 bits per heavy atom. The van der Waals surface area contributed by atoms with Crippen LogP contribution in [0.2, 0.25) is 0 Å². The minimum absolute atomic E-state index is 0. The molecule has 18 heavy (non-hydrogen) atoms. The summed E-state index contributed by atoms with van der Waals surface area (Å²) in [5.74, 6) is 0.130. The van der Waals surface area contributed by atoms with Gasteiger partial charge in [0.1, 0.15) is 0 Å². The van der Waals surface area contributed by atoms with Gasteiger partial charge in [-0.1, -0.05) is 18.2 Å². The molecular formula is C12H17BrN4O. The van der Waals surface area contributed by atoms with Crippen molar-refractivity contribution in [3.8, 4) is 0 Å². The highest BCUT2D eigenvalue weighted by Gasteiger charge is 2.22. The van der Waals surface area contributed by atoms with Gasteiger partial charge in [0.25, 0.3) is 5.91 Å². The Morgan fingerprint density at radius 1 is 1.06 bits per heavy atom. The molecule has 1 amide bonds. The first kappa shape index (κ1) is 14.5. The maximum absolute atomic E-state index is 12.1. The lowest BCUT2D eigenvalue weighted by atomic mass is 10.2. The molecule has 0 spiro atoms. The van der Waals surface area contributed by atoms with Crippen molar-refractivity contribution in [2.75, 3.05) is 26.2 Å². The van der Waals surface area contributed by atoms with Gasteiger partial charge < -0.3 is 15.5 Å². The highest BCUT2D eigenvalue weighted by molar-refractivity contribution is 8.93. The third-order valence-corrected chi connectivity index (χ3v) is 2.93. The molecule has 0 aromatic heterocycles. The molecule has 0 bridgehead atoms. The van der Waals surface area contributed by atoms with Gasteiger partial charge in [-0.2, -0.15) is 0 Å². The van der Waals surface area contributed by atoms with E-state index in [0.717, 1.165) is 0 Å². The van der Waals surface area contributed by atoms with Crippen molar-refractivity contribution in [3.05, 3.63) is 35.9 Å². The van der Waals surface area contributed by atoms with Crippen molar-refractivity contribution in [2.24, 2.45) is 5.73 Å². The van der Waals surface area contributed by atoms with Crippen LogP contribution < -0.4 is 5.73 Å². The van der Waals surface area contributed by atoms with Crippen LogP contribution in [0, 0.1) is 5.41 Å². The molecular weight excluding hydrogens is 296 g/mol. The lowest BCUT2D eigenvalue weighted by molar-refractivity contribution is 0.0690. The van der Waals surface area contributed by atoms with Crippen LogP contribution in [-0.4, -0.2) is 47.8 Å². The molecule has 1 saturated heterocycles. The first-order valence-electron chi connectivity index (χ1n) is 5.62. The Labute approximate surface area is 117 Å². The van der Waals surface area contributed by atoms with E-state index in [1.807, 2.05) is 30.3 Å². The number of guanidine groups is 1. The number of carbonyl (C=O) groups is 1. The summed E-state index contributed by atoms with van der Waals surface area (Å²) in [6.07, 6.45) is 0. The Morgan fingerprint density at radius 3 is 2.06 bits per heavy atom. The number of carbonyl (C=O) groups excluding carboxylic acids is 1. The van der Waals surface area contributed by atoms with E-state index in [-0.39, 0.29) is 28.8 Å². The summed E-state index contributed by atoms with van der Waals surface area (Å²) in [6.45, 7) is 2.50. The van der Waals surface area contributed by atoms with Gasteiger partial charge in [0.05, 0.1) is 0 Å². The standard InChI is InChI=1S/C12H16N4O.BrH/c13-12(14)16-8-6-15(7-9-16)11(17)10-4-2-1-3-5-10;/h1-5H,6-9H2,(H3,13,14);1H. The number of halogens is 1. The largest absolute Gasteiger partial charge is 0.370 e. The van der Waals surface area contributed by atoms with Crippen molar-refractivity contribution >= 4 is 28.8 Å². The molecule has 1 aliphatic heterocycles. The Bertz CT molecular complexity index is 415. The second kappa shape index (κ2) is 6.39. The minimum Gasteiger partial charge on any atom is -0.370 e. The molecule has 3 N–H and O–H groups in total. The monoisotopic (exact) mass is 312 g/mol. The van der Waals surface area contributed by atoms with Gasteiger partial charge in [-0.3, -0.25) is 10.2 Å². The predicted molar refractivity (Wildman–Crippen MR) is 76.2 cm³/mol. The number of rotatable bonds is 1. The van der Waals surface area contributed by atoms with Crippen LogP contribution in [0.4, 0.5) is 0 Å². The first-order valence-corrected chi connectivity index (χ1v) is 5.62. The van der Waals surface area contributed by atoms with E-state index in [9.17, 15) is 4.79 Å². The minimum atomic E-state index is 0. The molecule has 0 unspecified atom stereocenters. The maximum Gasteiger partial charge on any atom is 0.253 e. The zero-order chi connectivity index (χ0) is 12.3. The predicted octanol–water partition coefficient (Wildman–Crippen LogP) is 0.916. The van der Waals surface area contributed by atoms with Crippen LogP contribution in [0.25, 0.3) is 0 Å². The van der Waals surface area contributed by atoms with Gasteiger partial charge in [0, 0.05) is 31.7 Å². The summed E-state index contributed by atoms with van der Waals surface area (Å²) < 4.78 is 0. The Hall–Kier alpha value is -1.56. The van der Waals surface area contributed by atoms with E-state index in [1.54, 1.807) is 9.80 Å². The van der Waals surface area contributed by atoms with E-state index >= 15 is 0 Å². The van der Waals surface area contributed by atoms with Crippen LogP contribution in [0.1, 0.15) is 10.4 Å². The van der Waals surface area contributed by atoms with Gasteiger partial charge in [0.15, 0.2) is 5.96 Å². The maximum atomic E-state index is 12.1. The van der Waals surface area contributed by atoms with Gasteiger partial charge >= 0.3 is 0 Å². The second-order valence-corrected chi connectivity index (χ2v) is 4.03. The van der Waals surface area contributed by atoms with Crippen LogP contribution in [-0.2, 0) is 0 Å². The molecule has 1 fully saturated rings.